The fourth-order valence-electron chi connectivity index (χ4n) is 3.40. The van der Waals surface area contributed by atoms with Gasteiger partial charge >= 0.3 is 11.9 Å². The Morgan fingerprint density at radius 1 is 1.06 bits per heavy atom. The number of hydroxylamine groups is 1. The van der Waals surface area contributed by atoms with Gasteiger partial charge in [-0.2, -0.15) is 18.7 Å². The van der Waals surface area contributed by atoms with Gasteiger partial charge in [0.05, 0.1) is 27.9 Å². The van der Waals surface area contributed by atoms with Crippen molar-refractivity contribution in [2.24, 2.45) is 0 Å². The predicted octanol–water partition coefficient (Wildman–Crippen LogP) is 5.18. The molecule has 0 atom stereocenters. The minimum atomic E-state index is -4.80. The van der Waals surface area contributed by atoms with Crippen LogP contribution in [0.15, 0.2) is 76.1 Å². The Bertz CT molecular complexity index is 1550. The molecule has 0 bridgehead atoms. The topological polar surface area (TPSA) is 112 Å². The van der Waals surface area contributed by atoms with Gasteiger partial charge in [-0.05, 0) is 35.9 Å². The highest BCUT2D eigenvalue weighted by molar-refractivity contribution is 5.84. The molecular weight excluding hydrogens is 488 g/mol. The number of benzene rings is 3. The largest absolute Gasteiger partial charge is 0.463 e. The Morgan fingerprint density at radius 2 is 1.81 bits per heavy atom. The molecule has 0 aliphatic carbocycles. The van der Waals surface area contributed by atoms with Gasteiger partial charge in [-0.25, -0.2) is 4.39 Å². The molecule has 4 rings (SSSR count). The second-order valence-electron chi connectivity index (χ2n) is 7.53. The highest BCUT2D eigenvalue weighted by atomic mass is 19.4. The lowest BCUT2D eigenvalue weighted by Crippen LogP contribution is -2.28. The van der Waals surface area contributed by atoms with Gasteiger partial charge in [0.1, 0.15) is 17.7 Å². The third-order valence-corrected chi connectivity index (χ3v) is 5.13. The fraction of sp³-hybridized carbons (Fsp3) is 0.0833. The van der Waals surface area contributed by atoms with E-state index in [1.807, 2.05) is 5.48 Å². The maximum absolute atomic E-state index is 14.1. The van der Waals surface area contributed by atoms with Crippen molar-refractivity contribution < 1.29 is 36.5 Å². The smallest absolute Gasteiger partial charge is 0.416 e. The summed E-state index contributed by atoms with van der Waals surface area (Å²) in [7, 11) is 0. The van der Waals surface area contributed by atoms with E-state index in [1.54, 1.807) is 6.07 Å². The Kier molecular flexibility index (Phi) is 6.43. The number of nitro benzene ring substituents is 1. The molecule has 1 aromatic heterocycles. The first kappa shape index (κ1) is 24.4. The first-order chi connectivity index (χ1) is 17.0. The number of nitrogens with zero attached hydrogens (tertiary/aromatic N) is 1. The van der Waals surface area contributed by atoms with Gasteiger partial charge in [0.15, 0.2) is 0 Å². The minimum Gasteiger partial charge on any atom is -0.463 e. The van der Waals surface area contributed by atoms with E-state index in [9.17, 15) is 37.3 Å². The van der Waals surface area contributed by atoms with Crippen LogP contribution in [0.25, 0.3) is 22.1 Å². The summed E-state index contributed by atoms with van der Waals surface area (Å²) in [4.78, 5) is 40.0. The maximum atomic E-state index is 14.1. The zero-order chi connectivity index (χ0) is 26.0. The number of alkyl halides is 3. The van der Waals surface area contributed by atoms with E-state index >= 15 is 0 Å². The second kappa shape index (κ2) is 9.49. The van der Waals surface area contributed by atoms with Gasteiger partial charge < -0.3 is 9.25 Å². The molecule has 1 N–H and O–H groups in total. The van der Waals surface area contributed by atoms with Crippen molar-refractivity contribution in [3.8, 4) is 16.9 Å². The summed E-state index contributed by atoms with van der Waals surface area (Å²) >= 11 is 0. The van der Waals surface area contributed by atoms with E-state index in [0.717, 1.165) is 12.3 Å². The van der Waals surface area contributed by atoms with E-state index in [0.29, 0.717) is 17.7 Å². The Hall–Kier alpha value is -4.74. The van der Waals surface area contributed by atoms with Crippen LogP contribution in [0.1, 0.15) is 11.1 Å². The summed E-state index contributed by atoms with van der Waals surface area (Å²) in [6.45, 7) is 0. The summed E-state index contributed by atoms with van der Waals surface area (Å²) in [5, 5.41) is 11.3. The number of rotatable bonds is 6. The van der Waals surface area contributed by atoms with E-state index in [1.165, 1.54) is 36.4 Å². The number of carbonyl (C=O) groups excluding carboxylic acids is 1. The number of hydrogen-bond donors (Lipinski definition) is 1. The molecule has 0 spiro atoms. The lowest BCUT2D eigenvalue weighted by Gasteiger charge is -2.10. The number of nitro groups is 1. The van der Waals surface area contributed by atoms with Crippen LogP contribution in [0.3, 0.4) is 0 Å². The van der Waals surface area contributed by atoms with Crippen LogP contribution in [0.5, 0.6) is 5.75 Å². The average Bonchev–Trinajstić information content (AvgIpc) is 2.83. The molecule has 0 unspecified atom stereocenters. The standard InChI is InChI=1S/C24H14F4N2O6/c25-18-4-2-1-3-15(18)17-12-35-21-9-13(5-7-16(21)23(17)32)10-22(31)29-36-20-8-6-14(24(26,27)28)11-19(20)30(33)34/h1-9,11-12H,10H2,(H,29,31). The summed E-state index contributed by atoms with van der Waals surface area (Å²) < 4.78 is 58.0. The number of amides is 1. The molecule has 0 fully saturated rings. The summed E-state index contributed by atoms with van der Waals surface area (Å²) in [5.74, 6) is -1.97. The van der Waals surface area contributed by atoms with Crippen molar-refractivity contribution >= 4 is 22.6 Å². The normalized spacial score (nSPS) is 11.3. The Balaban J connectivity index is 1.50. The lowest BCUT2D eigenvalue weighted by atomic mass is 10.0. The van der Waals surface area contributed by atoms with Gasteiger partial charge in [0, 0.05) is 11.6 Å². The fourth-order valence-corrected chi connectivity index (χ4v) is 3.40. The van der Waals surface area contributed by atoms with Crippen molar-refractivity contribution in [3.63, 3.8) is 0 Å². The van der Waals surface area contributed by atoms with E-state index in [-0.39, 0.29) is 28.5 Å². The SMILES string of the molecule is O=C(Cc1ccc2c(=O)c(-c3ccccc3F)coc2c1)NOc1ccc(C(F)(F)F)cc1[N+](=O)[O-]. The summed E-state index contributed by atoms with van der Waals surface area (Å²) in [5.41, 5.74) is -0.170. The predicted molar refractivity (Wildman–Crippen MR) is 118 cm³/mol. The molecule has 0 radical (unpaired) electrons. The lowest BCUT2D eigenvalue weighted by molar-refractivity contribution is -0.386. The van der Waals surface area contributed by atoms with Gasteiger partial charge in [-0.3, -0.25) is 19.7 Å². The van der Waals surface area contributed by atoms with Crippen molar-refractivity contribution in [2.45, 2.75) is 12.6 Å². The number of hydrogen-bond acceptors (Lipinski definition) is 6. The van der Waals surface area contributed by atoms with Crippen LogP contribution >= 0.6 is 0 Å². The van der Waals surface area contributed by atoms with Crippen molar-refractivity contribution in [1.29, 1.82) is 0 Å². The van der Waals surface area contributed by atoms with Gasteiger partial charge in [0.25, 0.3) is 5.91 Å². The summed E-state index contributed by atoms with van der Waals surface area (Å²) in [6, 6.07) is 11.6. The van der Waals surface area contributed by atoms with Crippen molar-refractivity contribution in [2.75, 3.05) is 0 Å². The number of halogens is 4. The third kappa shape index (κ3) is 5.02. The van der Waals surface area contributed by atoms with Gasteiger partial charge in [0.2, 0.25) is 11.2 Å². The molecule has 4 aromatic rings. The highest BCUT2D eigenvalue weighted by Gasteiger charge is 2.33. The monoisotopic (exact) mass is 502 g/mol. The molecule has 3 aromatic carbocycles. The van der Waals surface area contributed by atoms with Crippen molar-refractivity contribution in [3.05, 3.63) is 104 Å². The average molecular weight is 502 g/mol. The van der Waals surface area contributed by atoms with Crippen molar-refractivity contribution in [1.82, 2.24) is 5.48 Å². The molecular formula is C24H14F4N2O6. The van der Waals surface area contributed by atoms with E-state index < -0.39 is 45.3 Å². The molecule has 184 valence electrons. The third-order valence-electron chi connectivity index (χ3n) is 5.13. The highest BCUT2D eigenvalue weighted by Crippen LogP contribution is 2.35. The van der Waals surface area contributed by atoms with Crippen LogP contribution in [0.4, 0.5) is 23.2 Å². The van der Waals surface area contributed by atoms with E-state index in [2.05, 4.69) is 0 Å². The van der Waals surface area contributed by atoms with Crippen LogP contribution < -0.4 is 15.7 Å². The molecule has 12 heteroatoms. The zero-order valence-electron chi connectivity index (χ0n) is 18.0. The molecule has 0 saturated heterocycles. The van der Waals surface area contributed by atoms with Gasteiger partial charge in [-0.1, -0.05) is 24.3 Å². The minimum absolute atomic E-state index is 0.0256. The maximum Gasteiger partial charge on any atom is 0.416 e. The molecule has 36 heavy (non-hydrogen) atoms. The molecule has 0 aliphatic heterocycles. The molecule has 8 nitrogen and oxygen atoms in total. The van der Waals surface area contributed by atoms with Crippen LogP contribution in [0.2, 0.25) is 0 Å². The molecule has 0 saturated carbocycles. The quantitative estimate of drug-likeness (QED) is 0.221. The first-order valence-electron chi connectivity index (χ1n) is 10.2. The Morgan fingerprint density at radius 3 is 2.50 bits per heavy atom. The van der Waals surface area contributed by atoms with Crippen LogP contribution in [-0.4, -0.2) is 10.8 Å². The Labute approximate surface area is 198 Å². The number of carbonyl (C=O) groups is 1. The molecule has 1 amide bonds. The van der Waals surface area contributed by atoms with Crippen LogP contribution in [0, 0.1) is 15.9 Å². The van der Waals surface area contributed by atoms with Crippen LogP contribution in [-0.2, 0) is 17.4 Å². The first-order valence-corrected chi connectivity index (χ1v) is 10.2. The molecule has 1 heterocycles. The second-order valence-corrected chi connectivity index (χ2v) is 7.53. The zero-order valence-corrected chi connectivity index (χ0v) is 18.0. The van der Waals surface area contributed by atoms with Gasteiger partial charge in [-0.15, -0.1) is 0 Å². The molecule has 0 aliphatic rings. The number of fused-ring (bicyclic) bond motifs is 1. The van der Waals surface area contributed by atoms with E-state index in [4.69, 9.17) is 9.25 Å². The summed E-state index contributed by atoms with van der Waals surface area (Å²) in [6.07, 6.45) is -4.00. The number of nitrogens with one attached hydrogen (secondary N) is 1.